The number of hydrogen-bond acceptors (Lipinski definition) is 3. The van der Waals surface area contributed by atoms with Crippen LogP contribution in [-0.2, 0) is 14.3 Å². The Balaban J connectivity index is 3.69. The SMILES string of the molecule is COC(C)CCC(=O)NC(C)CC(=O)O. The summed E-state index contributed by atoms with van der Waals surface area (Å²) in [4.78, 5) is 21.6. The molecular formula is C10H19NO4. The summed E-state index contributed by atoms with van der Waals surface area (Å²) in [6, 6.07) is -0.326. The van der Waals surface area contributed by atoms with Crippen molar-refractivity contribution in [1.29, 1.82) is 0 Å². The van der Waals surface area contributed by atoms with Crippen LogP contribution in [0.2, 0.25) is 0 Å². The van der Waals surface area contributed by atoms with Crippen molar-refractivity contribution < 1.29 is 19.4 Å². The molecule has 0 aliphatic rings. The van der Waals surface area contributed by atoms with E-state index in [9.17, 15) is 9.59 Å². The molecule has 0 spiro atoms. The molecule has 2 N–H and O–H groups in total. The fourth-order valence-electron chi connectivity index (χ4n) is 1.11. The van der Waals surface area contributed by atoms with Gasteiger partial charge in [-0.15, -0.1) is 0 Å². The van der Waals surface area contributed by atoms with Crippen LogP contribution < -0.4 is 5.32 Å². The highest BCUT2D eigenvalue weighted by Crippen LogP contribution is 2.00. The van der Waals surface area contributed by atoms with Gasteiger partial charge in [-0.2, -0.15) is 0 Å². The Hall–Kier alpha value is -1.10. The van der Waals surface area contributed by atoms with E-state index in [0.717, 1.165) is 0 Å². The number of amides is 1. The van der Waals surface area contributed by atoms with Crippen molar-refractivity contribution in [3.05, 3.63) is 0 Å². The van der Waals surface area contributed by atoms with Crippen molar-refractivity contribution in [2.24, 2.45) is 0 Å². The summed E-state index contributed by atoms with van der Waals surface area (Å²) in [5, 5.41) is 11.1. The third-order valence-electron chi connectivity index (χ3n) is 2.07. The van der Waals surface area contributed by atoms with Gasteiger partial charge in [-0.3, -0.25) is 9.59 Å². The van der Waals surface area contributed by atoms with Crippen molar-refractivity contribution in [3.63, 3.8) is 0 Å². The summed E-state index contributed by atoms with van der Waals surface area (Å²) in [6.45, 7) is 3.56. The third-order valence-corrected chi connectivity index (χ3v) is 2.07. The van der Waals surface area contributed by atoms with Gasteiger partial charge in [0.25, 0.3) is 0 Å². The molecule has 5 heteroatoms. The minimum absolute atomic E-state index is 0.0468. The fraction of sp³-hybridized carbons (Fsp3) is 0.800. The monoisotopic (exact) mass is 217 g/mol. The quantitative estimate of drug-likeness (QED) is 0.660. The molecule has 0 saturated heterocycles. The zero-order valence-corrected chi connectivity index (χ0v) is 9.45. The lowest BCUT2D eigenvalue weighted by molar-refractivity contribution is -0.137. The average Bonchev–Trinajstić information content (AvgIpc) is 2.12. The first kappa shape index (κ1) is 13.9. The molecule has 0 bridgehead atoms. The lowest BCUT2D eigenvalue weighted by atomic mass is 10.2. The summed E-state index contributed by atoms with van der Waals surface area (Å²) < 4.78 is 5.00. The van der Waals surface area contributed by atoms with Crippen LogP contribution in [0, 0.1) is 0 Å². The number of carbonyl (C=O) groups excluding carboxylic acids is 1. The van der Waals surface area contributed by atoms with Crippen LogP contribution >= 0.6 is 0 Å². The van der Waals surface area contributed by atoms with Gasteiger partial charge in [-0.05, 0) is 20.3 Å². The van der Waals surface area contributed by atoms with Crippen LogP contribution in [0.3, 0.4) is 0 Å². The minimum Gasteiger partial charge on any atom is -0.481 e. The maximum absolute atomic E-state index is 11.3. The molecule has 0 aliphatic carbocycles. The molecule has 88 valence electrons. The van der Waals surface area contributed by atoms with Crippen LogP contribution in [0.1, 0.15) is 33.1 Å². The number of hydrogen-bond donors (Lipinski definition) is 2. The van der Waals surface area contributed by atoms with E-state index in [-0.39, 0.29) is 24.5 Å². The highest BCUT2D eigenvalue weighted by Gasteiger charge is 2.11. The highest BCUT2D eigenvalue weighted by atomic mass is 16.5. The maximum Gasteiger partial charge on any atom is 0.305 e. The van der Waals surface area contributed by atoms with Gasteiger partial charge < -0.3 is 15.2 Å². The Kier molecular flexibility index (Phi) is 6.70. The first-order valence-corrected chi connectivity index (χ1v) is 4.99. The topological polar surface area (TPSA) is 75.6 Å². The molecule has 0 rings (SSSR count). The minimum atomic E-state index is -0.909. The molecule has 0 fully saturated rings. The number of carboxylic acid groups (broad SMARTS) is 1. The van der Waals surface area contributed by atoms with Gasteiger partial charge in [0.1, 0.15) is 0 Å². The van der Waals surface area contributed by atoms with Gasteiger partial charge in [-0.25, -0.2) is 0 Å². The van der Waals surface area contributed by atoms with Crippen LogP contribution in [0.15, 0.2) is 0 Å². The summed E-state index contributed by atoms with van der Waals surface area (Å²) in [7, 11) is 1.59. The van der Waals surface area contributed by atoms with Crippen LogP contribution in [0.4, 0.5) is 0 Å². The van der Waals surface area contributed by atoms with E-state index in [0.29, 0.717) is 12.8 Å². The smallest absolute Gasteiger partial charge is 0.305 e. The Labute approximate surface area is 89.8 Å². The number of methoxy groups -OCH3 is 1. The molecule has 0 aliphatic heterocycles. The highest BCUT2D eigenvalue weighted by molar-refractivity contribution is 5.77. The molecule has 0 heterocycles. The maximum atomic E-state index is 11.3. The molecule has 2 atom stereocenters. The largest absolute Gasteiger partial charge is 0.481 e. The molecule has 0 radical (unpaired) electrons. The second-order valence-electron chi connectivity index (χ2n) is 3.65. The van der Waals surface area contributed by atoms with Gasteiger partial charge in [0.05, 0.1) is 12.5 Å². The van der Waals surface area contributed by atoms with E-state index in [1.807, 2.05) is 6.92 Å². The number of ether oxygens (including phenoxy) is 1. The summed E-state index contributed by atoms with van der Waals surface area (Å²) in [6.07, 6.45) is 0.998. The van der Waals surface area contributed by atoms with E-state index >= 15 is 0 Å². The van der Waals surface area contributed by atoms with Crippen LogP contribution in [-0.4, -0.2) is 36.2 Å². The molecular weight excluding hydrogens is 198 g/mol. The van der Waals surface area contributed by atoms with E-state index in [4.69, 9.17) is 9.84 Å². The number of nitrogens with one attached hydrogen (secondary N) is 1. The fourth-order valence-corrected chi connectivity index (χ4v) is 1.11. The number of rotatable bonds is 7. The number of aliphatic carboxylic acids is 1. The van der Waals surface area contributed by atoms with E-state index in [1.54, 1.807) is 14.0 Å². The van der Waals surface area contributed by atoms with Crippen molar-refractivity contribution in [3.8, 4) is 0 Å². The average molecular weight is 217 g/mol. The first-order chi connectivity index (χ1) is 6.95. The van der Waals surface area contributed by atoms with Gasteiger partial charge in [-0.1, -0.05) is 0 Å². The first-order valence-electron chi connectivity index (χ1n) is 4.99. The summed E-state index contributed by atoms with van der Waals surface area (Å²) >= 11 is 0. The van der Waals surface area contributed by atoms with E-state index in [1.165, 1.54) is 0 Å². The second-order valence-corrected chi connectivity index (χ2v) is 3.65. The van der Waals surface area contributed by atoms with E-state index in [2.05, 4.69) is 5.32 Å². The molecule has 0 aromatic carbocycles. The second kappa shape index (κ2) is 7.23. The predicted octanol–water partition coefficient (Wildman–Crippen LogP) is 0.781. The molecule has 0 aromatic rings. The van der Waals surface area contributed by atoms with Gasteiger partial charge >= 0.3 is 5.97 Å². The standard InChI is InChI=1S/C10H19NO4/c1-7(6-10(13)14)11-9(12)5-4-8(2)15-3/h7-8H,4-6H2,1-3H3,(H,11,12)(H,13,14). The van der Waals surface area contributed by atoms with Gasteiger partial charge in [0, 0.05) is 19.6 Å². The summed E-state index contributed by atoms with van der Waals surface area (Å²) in [5.41, 5.74) is 0. The zero-order valence-electron chi connectivity index (χ0n) is 9.45. The number of carbonyl (C=O) groups is 2. The molecule has 5 nitrogen and oxygen atoms in total. The van der Waals surface area contributed by atoms with Gasteiger partial charge in [0.2, 0.25) is 5.91 Å². The molecule has 2 unspecified atom stereocenters. The lowest BCUT2D eigenvalue weighted by Crippen LogP contribution is -2.34. The zero-order chi connectivity index (χ0) is 11.8. The Bertz CT molecular complexity index is 217. The van der Waals surface area contributed by atoms with Crippen molar-refractivity contribution in [2.75, 3.05) is 7.11 Å². The van der Waals surface area contributed by atoms with E-state index < -0.39 is 5.97 Å². The Morgan fingerprint density at radius 1 is 1.40 bits per heavy atom. The van der Waals surface area contributed by atoms with Crippen LogP contribution in [0.5, 0.6) is 0 Å². The molecule has 1 amide bonds. The van der Waals surface area contributed by atoms with Crippen molar-refractivity contribution in [2.45, 2.75) is 45.3 Å². The number of carboxylic acids is 1. The molecule has 0 aromatic heterocycles. The van der Waals surface area contributed by atoms with Crippen molar-refractivity contribution in [1.82, 2.24) is 5.32 Å². The predicted molar refractivity (Wildman–Crippen MR) is 55.6 cm³/mol. The Morgan fingerprint density at radius 3 is 2.47 bits per heavy atom. The summed E-state index contributed by atoms with van der Waals surface area (Å²) in [5.74, 6) is -1.04. The van der Waals surface area contributed by atoms with Crippen molar-refractivity contribution >= 4 is 11.9 Å². The van der Waals surface area contributed by atoms with Gasteiger partial charge in [0.15, 0.2) is 0 Å². The Morgan fingerprint density at radius 2 is 2.00 bits per heavy atom. The molecule has 15 heavy (non-hydrogen) atoms. The van der Waals surface area contributed by atoms with Crippen LogP contribution in [0.25, 0.3) is 0 Å². The molecule has 0 saturated carbocycles. The third kappa shape index (κ3) is 7.93. The lowest BCUT2D eigenvalue weighted by Gasteiger charge is -2.13. The normalized spacial score (nSPS) is 14.3.